The highest BCUT2D eigenvalue weighted by Crippen LogP contribution is 2.12. The molecule has 16 heavy (non-hydrogen) atoms. The van der Waals surface area contributed by atoms with Crippen LogP contribution in [0.25, 0.3) is 0 Å². The van der Waals surface area contributed by atoms with Crippen LogP contribution in [0.5, 0.6) is 0 Å². The molecule has 0 aromatic carbocycles. The first-order valence-electron chi connectivity index (χ1n) is 5.09. The topological polar surface area (TPSA) is 56.0 Å². The van der Waals surface area contributed by atoms with E-state index in [0.717, 1.165) is 0 Å². The lowest BCUT2D eigenvalue weighted by atomic mass is 10.3. The Labute approximate surface area is 96.9 Å². The van der Waals surface area contributed by atoms with Crippen LogP contribution in [0.1, 0.15) is 6.92 Å². The second kappa shape index (κ2) is 4.17. The van der Waals surface area contributed by atoms with Crippen molar-refractivity contribution in [1.82, 2.24) is 9.36 Å². The van der Waals surface area contributed by atoms with Crippen LogP contribution >= 0.6 is 11.6 Å². The van der Waals surface area contributed by atoms with Crippen LogP contribution in [0.2, 0.25) is 5.02 Å². The number of anilines is 1. The largest absolute Gasteiger partial charge is 0.379 e. The second-order valence-corrected chi connectivity index (χ2v) is 3.84. The van der Waals surface area contributed by atoms with Crippen molar-refractivity contribution in [1.29, 1.82) is 0 Å². The van der Waals surface area contributed by atoms with Gasteiger partial charge in [0.2, 0.25) is 0 Å². The fourth-order valence-electron chi connectivity index (χ4n) is 1.70. The zero-order valence-electron chi connectivity index (χ0n) is 8.86. The van der Waals surface area contributed by atoms with Crippen LogP contribution in [-0.4, -0.2) is 15.9 Å². The fourth-order valence-corrected chi connectivity index (χ4v) is 1.95. The van der Waals surface area contributed by atoms with E-state index in [1.54, 1.807) is 0 Å². The lowest BCUT2D eigenvalue weighted by molar-refractivity contribution is 0.459. The van der Waals surface area contributed by atoms with Gasteiger partial charge in [0, 0.05) is 6.54 Å². The summed E-state index contributed by atoms with van der Waals surface area (Å²) in [6.07, 6.45) is 3.69. The van der Waals surface area contributed by atoms with Gasteiger partial charge in [-0.3, -0.25) is 9.59 Å². The van der Waals surface area contributed by atoms with Gasteiger partial charge in [-0.25, -0.2) is 9.36 Å². The van der Waals surface area contributed by atoms with Crippen molar-refractivity contribution in [2.45, 2.75) is 20.0 Å². The number of hydrogen-bond acceptors (Lipinski definition) is 3. The predicted octanol–water partition coefficient (Wildman–Crippen LogP) is 0.665. The van der Waals surface area contributed by atoms with Gasteiger partial charge in [-0.2, -0.15) is 0 Å². The minimum atomic E-state index is -0.332. The first-order valence-corrected chi connectivity index (χ1v) is 5.47. The van der Waals surface area contributed by atoms with Gasteiger partial charge in [0.25, 0.3) is 11.1 Å². The standard InChI is InChI=1S/C10H12ClN3O2/c1-2-12-8-7(11)9(15)13-5-3-4-6-14(13)10(8)16/h3-4,12H,2,5-6H2,1H3. The normalized spacial score (nSPS) is 13.6. The molecular weight excluding hydrogens is 230 g/mol. The maximum atomic E-state index is 12.0. The van der Waals surface area contributed by atoms with E-state index in [2.05, 4.69) is 5.32 Å². The van der Waals surface area contributed by atoms with E-state index in [0.29, 0.717) is 19.6 Å². The third-order valence-corrected chi connectivity index (χ3v) is 2.81. The number of halogens is 1. The molecular formula is C10H12ClN3O2. The van der Waals surface area contributed by atoms with E-state index in [4.69, 9.17) is 11.6 Å². The molecule has 2 rings (SSSR count). The molecule has 1 N–H and O–H groups in total. The Balaban J connectivity index is 2.73. The summed E-state index contributed by atoms with van der Waals surface area (Å²) in [7, 11) is 0. The van der Waals surface area contributed by atoms with E-state index in [9.17, 15) is 9.59 Å². The molecule has 0 fully saturated rings. The molecule has 1 aromatic rings. The Morgan fingerprint density at radius 2 is 1.81 bits per heavy atom. The molecule has 0 aliphatic carbocycles. The lowest BCUT2D eigenvalue weighted by Crippen LogP contribution is -2.41. The summed E-state index contributed by atoms with van der Waals surface area (Å²) in [5, 5.41) is 2.80. The van der Waals surface area contributed by atoms with E-state index in [-0.39, 0.29) is 21.8 Å². The highest BCUT2D eigenvalue weighted by atomic mass is 35.5. The summed E-state index contributed by atoms with van der Waals surface area (Å²) in [5.41, 5.74) is -0.391. The van der Waals surface area contributed by atoms with Gasteiger partial charge in [-0.05, 0) is 6.92 Å². The molecule has 2 heterocycles. The molecule has 0 saturated carbocycles. The summed E-state index contributed by atoms with van der Waals surface area (Å²) >= 11 is 5.88. The number of rotatable bonds is 2. The van der Waals surface area contributed by atoms with Crippen LogP contribution in [0.3, 0.4) is 0 Å². The number of allylic oxidation sites excluding steroid dienone is 2. The molecule has 6 heteroatoms. The van der Waals surface area contributed by atoms with Crippen molar-refractivity contribution in [2.75, 3.05) is 11.9 Å². The maximum absolute atomic E-state index is 12.0. The smallest absolute Gasteiger partial charge is 0.290 e. The average molecular weight is 242 g/mol. The Morgan fingerprint density at radius 1 is 1.25 bits per heavy atom. The molecule has 5 nitrogen and oxygen atoms in total. The van der Waals surface area contributed by atoms with Gasteiger partial charge in [-0.1, -0.05) is 23.8 Å². The molecule has 0 amide bonds. The van der Waals surface area contributed by atoms with Gasteiger partial charge < -0.3 is 5.32 Å². The van der Waals surface area contributed by atoms with Crippen LogP contribution in [0.15, 0.2) is 21.7 Å². The highest BCUT2D eigenvalue weighted by Gasteiger charge is 2.17. The van der Waals surface area contributed by atoms with Gasteiger partial charge >= 0.3 is 0 Å². The van der Waals surface area contributed by atoms with Crippen molar-refractivity contribution in [3.05, 3.63) is 37.9 Å². The van der Waals surface area contributed by atoms with Crippen molar-refractivity contribution in [3.63, 3.8) is 0 Å². The first-order chi connectivity index (χ1) is 7.66. The van der Waals surface area contributed by atoms with E-state index < -0.39 is 0 Å². The summed E-state index contributed by atoms with van der Waals surface area (Å²) in [6.45, 7) is 3.19. The number of nitrogens with one attached hydrogen (secondary N) is 1. The van der Waals surface area contributed by atoms with Crippen molar-refractivity contribution in [3.8, 4) is 0 Å². The molecule has 0 bridgehead atoms. The number of fused-ring (bicyclic) bond motifs is 1. The summed E-state index contributed by atoms with van der Waals surface area (Å²) < 4.78 is 2.75. The third kappa shape index (κ3) is 1.57. The molecule has 0 radical (unpaired) electrons. The summed E-state index contributed by atoms with van der Waals surface area (Å²) in [4.78, 5) is 23.9. The zero-order valence-corrected chi connectivity index (χ0v) is 9.62. The molecule has 0 saturated heterocycles. The quantitative estimate of drug-likeness (QED) is 0.775. The lowest BCUT2D eigenvalue weighted by Gasteiger charge is -2.18. The highest BCUT2D eigenvalue weighted by molar-refractivity contribution is 6.32. The molecule has 1 aromatic heterocycles. The number of nitrogens with zero attached hydrogens (tertiary/aromatic N) is 2. The van der Waals surface area contributed by atoms with Gasteiger partial charge in [0.1, 0.15) is 10.7 Å². The Hall–Kier alpha value is -1.49. The van der Waals surface area contributed by atoms with E-state index in [1.807, 2.05) is 19.1 Å². The SMILES string of the molecule is CCNc1c(Cl)c(=O)n2n(c1=O)CC=CC2. The van der Waals surface area contributed by atoms with E-state index >= 15 is 0 Å². The second-order valence-electron chi connectivity index (χ2n) is 3.47. The predicted molar refractivity (Wildman–Crippen MR) is 63.3 cm³/mol. The Kier molecular flexibility index (Phi) is 2.87. The minimum absolute atomic E-state index is 0.0293. The number of aromatic nitrogens is 2. The van der Waals surface area contributed by atoms with Crippen LogP contribution in [-0.2, 0) is 13.1 Å². The Morgan fingerprint density at radius 3 is 2.38 bits per heavy atom. The summed E-state index contributed by atoms with van der Waals surface area (Å²) in [5.74, 6) is 0. The molecule has 86 valence electrons. The molecule has 1 aliphatic heterocycles. The molecule has 0 unspecified atom stereocenters. The van der Waals surface area contributed by atoms with Crippen molar-refractivity contribution >= 4 is 17.3 Å². The molecule has 1 aliphatic rings. The molecule has 0 atom stereocenters. The summed E-state index contributed by atoms with van der Waals surface area (Å²) in [6, 6.07) is 0. The van der Waals surface area contributed by atoms with Crippen LogP contribution in [0.4, 0.5) is 5.69 Å². The maximum Gasteiger partial charge on any atom is 0.290 e. The third-order valence-electron chi connectivity index (χ3n) is 2.46. The van der Waals surface area contributed by atoms with Gasteiger partial charge in [0.15, 0.2) is 0 Å². The van der Waals surface area contributed by atoms with Crippen LogP contribution < -0.4 is 16.4 Å². The van der Waals surface area contributed by atoms with Gasteiger partial charge in [-0.15, -0.1) is 0 Å². The first kappa shape index (κ1) is 11.0. The number of hydrogen-bond donors (Lipinski definition) is 1. The van der Waals surface area contributed by atoms with Crippen molar-refractivity contribution < 1.29 is 0 Å². The van der Waals surface area contributed by atoms with Gasteiger partial charge in [0.05, 0.1) is 13.1 Å². The zero-order chi connectivity index (χ0) is 11.7. The Bertz CT molecular complexity index is 556. The fraction of sp³-hybridized carbons (Fsp3) is 0.400. The molecule has 0 spiro atoms. The van der Waals surface area contributed by atoms with Crippen LogP contribution in [0, 0.1) is 0 Å². The average Bonchev–Trinajstić information content (AvgIpc) is 2.32. The minimum Gasteiger partial charge on any atom is -0.379 e. The van der Waals surface area contributed by atoms with E-state index in [1.165, 1.54) is 9.36 Å². The monoisotopic (exact) mass is 241 g/mol. The van der Waals surface area contributed by atoms with Crippen molar-refractivity contribution in [2.24, 2.45) is 0 Å².